The van der Waals surface area contributed by atoms with Gasteiger partial charge in [-0.2, -0.15) is 0 Å². The van der Waals surface area contributed by atoms with Gasteiger partial charge in [0.1, 0.15) is 11.5 Å². The summed E-state index contributed by atoms with van der Waals surface area (Å²) >= 11 is 0. The molecular weight excluding hydrogens is 276 g/mol. The van der Waals surface area contributed by atoms with Gasteiger partial charge in [0.2, 0.25) is 0 Å². The van der Waals surface area contributed by atoms with Crippen LogP contribution in [0.25, 0.3) is 21.9 Å². The van der Waals surface area contributed by atoms with Crippen molar-refractivity contribution in [3.05, 3.63) is 59.7 Å². The molecule has 0 saturated heterocycles. The molecule has 0 radical (unpaired) electrons. The molecule has 108 valence electrons. The van der Waals surface area contributed by atoms with Crippen molar-refractivity contribution >= 4 is 16.6 Å². The molecule has 1 aliphatic rings. The van der Waals surface area contributed by atoms with Crippen molar-refractivity contribution in [3.63, 3.8) is 0 Å². The molecule has 0 heterocycles. The third kappa shape index (κ3) is 1.65. The fourth-order valence-electron chi connectivity index (χ4n) is 3.31. The van der Waals surface area contributed by atoms with Gasteiger partial charge in [-0.1, -0.05) is 48.5 Å². The van der Waals surface area contributed by atoms with E-state index in [4.69, 9.17) is 0 Å². The molecule has 3 aromatic carbocycles. The lowest BCUT2D eigenvalue weighted by Crippen LogP contribution is -2.10. The molecule has 0 fully saturated rings. The Bertz CT molecular complexity index is 911. The normalized spacial score (nSPS) is 13.5. The van der Waals surface area contributed by atoms with Crippen LogP contribution in [0.4, 0.5) is 0 Å². The highest BCUT2D eigenvalue weighted by Gasteiger charge is 2.28. The zero-order chi connectivity index (χ0) is 15.3. The molecular formula is C19H14O3. The summed E-state index contributed by atoms with van der Waals surface area (Å²) in [5.41, 5.74) is 2.36. The lowest BCUT2D eigenvalue weighted by Gasteiger charge is -2.21. The standard InChI is InChI=1S/C19H14O3/c20-14-10-9-12-7-4-8-13-15(12)17(14)19(22)16(18(13)21)11-5-2-1-3-6-11/h1-8,21-22H,9-10H2. The number of carbonyl (C=O) groups is 1. The van der Waals surface area contributed by atoms with Crippen LogP contribution in [0.15, 0.2) is 48.5 Å². The third-order valence-corrected chi connectivity index (χ3v) is 4.33. The Morgan fingerprint density at radius 2 is 1.55 bits per heavy atom. The summed E-state index contributed by atoms with van der Waals surface area (Å²) < 4.78 is 0. The van der Waals surface area contributed by atoms with E-state index in [2.05, 4.69) is 0 Å². The maximum atomic E-state index is 12.3. The molecule has 0 bridgehead atoms. The highest BCUT2D eigenvalue weighted by Crippen LogP contribution is 2.48. The van der Waals surface area contributed by atoms with Crippen LogP contribution in [0.2, 0.25) is 0 Å². The van der Waals surface area contributed by atoms with Gasteiger partial charge in [-0.25, -0.2) is 0 Å². The molecule has 3 aromatic rings. The number of benzene rings is 3. The number of rotatable bonds is 1. The number of aromatic hydroxyl groups is 2. The maximum absolute atomic E-state index is 12.3. The molecule has 22 heavy (non-hydrogen) atoms. The quantitative estimate of drug-likeness (QED) is 0.711. The smallest absolute Gasteiger partial charge is 0.167 e. The van der Waals surface area contributed by atoms with Crippen LogP contribution >= 0.6 is 0 Å². The number of Topliss-reactive ketones (excluding diaryl/α,β-unsaturated/α-hetero) is 1. The second-order valence-corrected chi connectivity index (χ2v) is 5.58. The second-order valence-electron chi connectivity index (χ2n) is 5.58. The molecule has 0 unspecified atom stereocenters. The van der Waals surface area contributed by atoms with E-state index < -0.39 is 0 Å². The van der Waals surface area contributed by atoms with Crippen molar-refractivity contribution in [3.8, 4) is 22.6 Å². The fraction of sp³-hybridized carbons (Fsp3) is 0.105. The van der Waals surface area contributed by atoms with Crippen LogP contribution in [-0.2, 0) is 6.42 Å². The Labute approximate surface area is 127 Å². The number of phenols is 2. The first kappa shape index (κ1) is 12.9. The minimum absolute atomic E-state index is 0.0269. The minimum Gasteiger partial charge on any atom is -0.507 e. The van der Waals surface area contributed by atoms with E-state index >= 15 is 0 Å². The Morgan fingerprint density at radius 1 is 0.773 bits per heavy atom. The molecule has 1 aliphatic carbocycles. The van der Waals surface area contributed by atoms with Gasteiger partial charge < -0.3 is 10.2 Å². The molecule has 0 spiro atoms. The first-order valence-electron chi connectivity index (χ1n) is 7.26. The molecule has 0 saturated carbocycles. The summed E-state index contributed by atoms with van der Waals surface area (Å²) in [6.45, 7) is 0. The fourth-order valence-corrected chi connectivity index (χ4v) is 3.31. The van der Waals surface area contributed by atoms with Crippen molar-refractivity contribution in [2.45, 2.75) is 12.8 Å². The number of phenolic OH excluding ortho intramolecular Hbond substituents is 2. The number of hydrogen-bond acceptors (Lipinski definition) is 3. The molecule has 0 amide bonds. The number of carbonyl (C=O) groups excluding carboxylic acids is 1. The van der Waals surface area contributed by atoms with E-state index in [1.54, 1.807) is 6.07 Å². The Balaban J connectivity index is 2.20. The Hall–Kier alpha value is -2.81. The molecule has 0 aliphatic heterocycles. The highest BCUT2D eigenvalue weighted by atomic mass is 16.3. The van der Waals surface area contributed by atoms with Crippen molar-refractivity contribution < 1.29 is 15.0 Å². The minimum atomic E-state index is -0.117. The summed E-state index contributed by atoms with van der Waals surface area (Å²) in [5, 5.41) is 22.6. The molecule has 3 heteroatoms. The third-order valence-electron chi connectivity index (χ3n) is 4.33. The number of ketones is 1. The van der Waals surface area contributed by atoms with E-state index in [9.17, 15) is 15.0 Å². The summed E-state index contributed by atoms with van der Waals surface area (Å²) in [5.74, 6) is -0.161. The van der Waals surface area contributed by atoms with Crippen LogP contribution in [-0.4, -0.2) is 16.0 Å². The predicted molar refractivity (Wildman–Crippen MR) is 85.4 cm³/mol. The van der Waals surface area contributed by atoms with Gasteiger partial charge in [0.25, 0.3) is 0 Å². The first-order valence-corrected chi connectivity index (χ1v) is 7.26. The van der Waals surface area contributed by atoms with Crippen LogP contribution in [0.5, 0.6) is 11.5 Å². The Kier molecular flexibility index (Phi) is 2.70. The van der Waals surface area contributed by atoms with Crippen molar-refractivity contribution in [1.29, 1.82) is 0 Å². The van der Waals surface area contributed by atoms with E-state index in [0.717, 1.165) is 5.56 Å². The molecule has 0 atom stereocenters. The van der Waals surface area contributed by atoms with Crippen molar-refractivity contribution in [2.75, 3.05) is 0 Å². The Morgan fingerprint density at radius 3 is 2.32 bits per heavy atom. The molecule has 2 N–H and O–H groups in total. The average molecular weight is 290 g/mol. The predicted octanol–water partition coefficient (Wildman–Crippen LogP) is 4.05. The summed E-state index contributed by atoms with van der Waals surface area (Å²) in [7, 11) is 0. The van der Waals surface area contributed by atoms with E-state index in [1.165, 1.54) is 0 Å². The van der Waals surface area contributed by atoms with Crippen molar-refractivity contribution in [1.82, 2.24) is 0 Å². The molecule has 3 nitrogen and oxygen atoms in total. The van der Waals surface area contributed by atoms with E-state index in [0.29, 0.717) is 40.3 Å². The summed E-state index contributed by atoms with van der Waals surface area (Å²) in [6, 6.07) is 14.8. The van der Waals surface area contributed by atoms with Crippen LogP contribution < -0.4 is 0 Å². The van der Waals surface area contributed by atoms with Crippen molar-refractivity contribution in [2.24, 2.45) is 0 Å². The monoisotopic (exact) mass is 290 g/mol. The largest absolute Gasteiger partial charge is 0.507 e. The molecule has 4 rings (SSSR count). The van der Waals surface area contributed by atoms with Gasteiger partial charge in [-0.05, 0) is 17.5 Å². The van der Waals surface area contributed by atoms with Gasteiger partial charge >= 0.3 is 0 Å². The van der Waals surface area contributed by atoms with Gasteiger partial charge in [0.15, 0.2) is 5.78 Å². The molecule has 0 aromatic heterocycles. The van der Waals surface area contributed by atoms with Gasteiger partial charge in [-0.15, -0.1) is 0 Å². The highest BCUT2D eigenvalue weighted by molar-refractivity contribution is 6.17. The zero-order valence-corrected chi connectivity index (χ0v) is 11.8. The average Bonchev–Trinajstić information content (AvgIpc) is 2.54. The zero-order valence-electron chi connectivity index (χ0n) is 11.8. The number of hydrogen-bond donors (Lipinski definition) is 2. The summed E-state index contributed by atoms with van der Waals surface area (Å²) in [6.07, 6.45) is 1.03. The van der Waals surface area contributed by atoms with Gasteiger partial charge in [0.05, 0.1) is 11.1 Å². The van der Waals surface area contributed by atoms with Crippen LogP contribution in [0, 0.1) is 0 Å². The SMILES string of the molecule is O=C1CCc2cccc3c(O)c(-c4ccccc4)c(O)c1c23. The second kappa shape index (κ2) is 4.60. The van der Waals surface area contributed by atoms with Gasteiger partial charge in [0, 0.05) is 17.2 Å². The first-order chi connectivity index (χ1) is 10.7. The topological polar surface area (TPSA) is 57.5 Å². The van der Waals surface area contributed by atoms with Gasteiger partial charge in [-0.3, -0.25) is 4.79 Å². The van der Waals surface area contributed by atoms with E-state index in [1.807, 2.05) is 42.5 Å². The maximum Gasteiger partial charge on any atom is 0.167 e. The van der Waals surface area contributed by atoms with E-state index in [-0.39, 0.29) is 17.3 Å². The lowest BCUT2D eigenvalue weighted by atomic mass is 9.84. The van der Waals surface area contributed by atoms with Crippen LogP contribution in [0.3, 0.4) is 0 Å². The number of aryl methyl sites for hydroxylation is 1. The van der Waals surface area contributed by atoms with Crippen LogP contribution in [0.1, 0.15) is 22.3 Å². The lowest BCUT2D eigenvalue weighted by molar-refractivity contribution is 0.0979. The summed E-state index contributed by atoms with van der Waals surface area (Å²) in [4.78, 5) is 12.3.